The molecule has 2 aliphatic rings. The first kappa shape index (κ1) is 8.92. The maximum Gasteiger partial charge on any atom is 0.109 e. The van der Waals surface area contributed by atoms with Gasteiger partial charge in [0.15, 0.2) is 0 Å². The molecule has 76 valence electrons. The first-order valence-corrected chi connectivity index (χ1v) is 5.97. The molecule has 2 heterocycles. The molecule has 0 bridgehead atoms. The molecule has 4 heteroatoms. The van der Waals surface area contributed by atoms with Crippen LogP contribution < -0.4 is 5.73 Å². The van der Waals surface area contributed by atoms with Crippen molar-refractivity contribution in [3.63, 3.8) is 0 Å². The monoisotopic (exact) mass is 255 g/mol. The zero-order chi connectivity index (χ0) is 9.76. The Balaban J connectivity index is 1.88. The van der Waals surface area contributed by atoms with Crippen LogP contribution in [0.1, 0.15) is 25.1 Å². The van der Waals surface area contributed by atoms with E-state index >= 15 is 0 Å². The van der Waals surface area contributed by atoms with E-state index in [1.54, 1.807) is 0 Å². The lowest BCUT2D eigenvalue weighted by atomic mass is 9.90. The van der Waals surface area contributed by atoms with E-state index in [2.05, 4.69) is 25.5 Å². The van der Waals surface area contributed by atoms with Crippen LogP contribution in [0.15, 0.2) is 10.8 Å². The van der Waals surface area contributed by atoms with Gasteiger partial charge in [-0.05, 0) is 41.1 Å². The molecule has 1 aliphatic carbocycles. The average Bonchev–Trinajstić information content (AvgIpc) is 2.84. The van der Waals surface area contributed by atoms with Gasteiger partial charge in [-0.3, -0.25) is 0 Å². The number of fused-ring (bicyclic) bond motifs is 1. The van der Waals surface area contributed by atoms with E-state index in [0.717, 1.165) is 17.6 Å². The lowest BCUT2D eigenvalue weighted by molar-refractivity contribution is 0.293. The van der Waals surface area contributed by atoms with E-state index in [9.17, 15) is 0 Å². The average molecular weight is 256 g/mol. The maximum atomic E-state index is 6.25. The number of hydrogen-bond acceptors (Lipinski definition) is 2. The minimum absolute atomic E-state index is 0.154. The Labute approximate surface area is 91.8 Å². The molecule has 1 aromatic rings. The van der Waals surface area contributed by atoms with Crippen LogP contribution in [-0.4, -0.2) is 15.1 Å². The fourth-order valence-electron chi connectivity index (χ4n) is 2.42. The van der Waals surface area contributed by atoms with Crippen LogP contribution in [0.25, 0.3) is 0 Å². The van der Waals surface area contributed by atoms with Crippen LogP contribution >= 0.6 is 15.9 Å². The van der Waals surface area contributed by atoms with Crippen molar-refractivity contribution < 1.29 is 0 Å². The van der Waals surface area contributed by atoms with Crippen molar-refractivity contribution in [2.45, 2.75) is 37.8 Å². The molecule has 1 aromatic heterocycles. The van der Waals surface area contributed by atoms with Crippen molar-refractivity contribution >= 4 is 15.9 Å². The zero-order valence-electron chi connectivity index (χ0n) is 8.04. The number of rotatable bonds is 1. The summed E-state index contributed by atoms with van der Waals surface area (Å²) in [6.07, 6.45) is 6.60. The molecule has 1 unspecified atom stereocenters. The second kappa shape index (κ2) is 2.83. The van der Waals surface area contributed by atoms with Gasteiger partial charge < -0.3 is 10.3 Å². The van der Waals surface area contributed by atoms with Crippen LogP contribution in [-0.2, 0) is 13.0 Å². The molecule has 0 amide bonds. The van der Waals surface area contributed by atoms with Crippen molar-refractivity contribution in [3.8, 4) is 0 Å². The second-order valence-electron chi connectivity index (χ2n) is 4.58. The van der Waals surface area contributed by atoms with E-state index in [4.69, 9.17) is 5.73 Å². The molecule has 1 saturated carbocycles. The fraction of sp³-hybridized carbons (Fsp3) is 0.700. The van der Waals surface area contributed by atoms with Gasteiger partial charge in [0.25, 0.3) is 0 Å². The quantitative estimate of drug-likeness (QED) is 0.831. The summed E-state index contributed by atoms with van der Waals surface area (Å²) in [4.78, 5) is 4.37. The standard InChI is InChI=1S/C10H14BrN3/c11-8-5-13-9-2-1-7(6-14(8)9)10(12)3-4-10/h5,7H,1-4,6,12H2. The van der Waals surface area contributed by atoms with Gasteiger partial charge >= 0.3 is 0 Å². The van der Waals surface area contributed by atoms with Crippen molar-refractivity contribution in [2.75, 3.05) is 0 Å². The summed E-state index contributed by atoms with van der Waals surface area (Å²) < 4.78 is 3.36. The Bertz CT molecular complexity index is 367. The predicted molar refractivity (Wildman–Crippen MR) is 57.9 cm³/mol. The highest BCUT2D eigenvalue weighted by atomic mass is 79.9. The second-order valence-corrected chi connectivity index (χ2v) is 5.39. The normalized spacial score (nSPS) is 28.6. The SMILES string of the molecule is NC1(C2CCc3ncc(Br)n3C2)CC1. The first-order chi connectivity index (χ1) is 6.69. The molecule has 2 N–H and O–H groups in total. The highest BCUT2D eigenvalue weighted by molar-refractivity contribution is 9.10. The predicted octanol–water partition coefficient (Wildman–Crippen LogP) is 1.70. The summed E-state index contributed by atoms with van der Waals surface area (Å²) >= 11 is 3.53. The number of imidazole rings is 1. The summed E-state index contributed by atoms with van der Waals surface area (Å²) in [7, 11) is 0. The largest absolute Gasteiger partial charge is 0.325 e. The number of halogens is 1. The minimum atomic E-state index is 0.154. The van der Waals surface area contributed by atoms with Gasteiger partial charge in [-0.1, -0.05) is 0 Å². The molecular weight excluding hydrogens is 242 g/mol. The highest BCUT2D eigenvalue weighted by Gasteiger charge is 2.46. The third-order valence-electron chi connectivity index (χ3n) is 3.65. The smallest absolute Gasteiger partial charge is 0.109 e. The van der Waals surface area contributed by atoms with Crippen LogP contribution in [0.4, 0.5) is 0 Å². The van der Waals surface area contributed by atoms with E-state index in [1.165, 1.54) is 25.1 Å². The molecule has 0 spiro atoms. The van der Waals surface area contributed by atoms with Crippen molar-refractivity contribution in [2.24, 2.45) is 11.7 Å². The summed E-state index contributed by atoms with van der Waals surface area (Å²) in [5.41, 5.74) is 6.40. The lowest BCUT2D eigenvalue weighted by Gasteiger charge is -2.29. The fourth-order valence-corrected chi connectivity index (χ4v) is 2.87. The molecule has 1 aliphatic heterocycles. The third kappa shape index (κ3) is 1.24. The molecule has 0 aromatic carbocycles. The van der Waals surface area contributed by atoms with E-state index in [0.29, 0.717) is 5.92 Å². The number of aryl methyl sites for hydroxylation is 1. The van der Waals surface area contributed by atoms with E-state index in [-0.39, 0.29) is 5.54 Å². The summed E-state index contributed by atoms with van der Waals surface area (Å²) in [5.74, 6) is 1.86. The molecule has 3 rings (SSSR count). The Morgan fingerprint density at radius 1 is 1.57 bits per heavy atom. The van der Waals surface area contributed by atoms with E-state index in [1.807, 2.05) is 6.20 Å². The molecule has 3 nitrogen and oxygen atoms in total. The summed E-state index contributed by atoms with van der Waals surface area (Å²) in [6, 6.07) is 0. The lowest BCUT2D eigenvalue weighted by Crippen LogP contribution is -2.38. The third-order valence-corrected chi connectivity index (χ3v) is 4.28. The van der Waals surface area contributed by atoms with Crippen molar-refractivity contribution in [1.29, 1.82) is 0 Å². The molecule has 0 radical (unpaired) electrons. The molecular formula is C10H14BrN3. The van der Waals surface area contributed by atoms with Gasteiger partial charge in [0, 0.05) is 18.5 Å². The van der Waals surface area contributed by atoms with Gasteiger partial charge in [-0.25, -0.2) is 4.98 Å². The van der Waals surface area contributed by atoms with E-state index < -0.39 is 0 Å². The van der Waals surface area contributed by atoms with Crippen LogP contribution in [0.5, 0.6) is 0 Å². The van der Waals surface area contributed by atoms with Gasteiger partial charge in [0.05, 0.1) is 6.20 Å². The Morgan fingerprint density at radius 2 is 2.36 bits per heavy atom. The molecule has 1 fully saturated rings. The minimum Gasteiger partial charge on any atom is -0.325 e. The molecule has 1 atom stereocenters. The molecule has 0 saturated heterocycles. The van der Waals surface area contributed by atoms with Gasteiger partial charge in [-0.15, -0.1) is 0 Å². The van der Waals surface area contributed by atoms with Crippen LogP contribution in [0.3, 0.4) is 0 Å². The first-order valence-electron chi connectivity index (χ1n) is 5.18. The maximum absolute atomic E-state index is 6.25. The Hall–Kier alpha value is -0.350. The number of nitrogens with zero attached hydrogens (tertiary/aromatic N) is 2. The Kier molecular flexibility index (Phi) is 1.80. The summed E-state index contributed by atoms with van der Waals surface area (Å²) in [6.45, 7) is 1.05. The van der Waals surface area contributed by atoms with Crippen molar-refractivity contribution in [1.82, 2.24) is 9.55 Å². The number of aromatic nitrogens is 2. The topological polar surface area (TPSA) is 43.8 Å². The van der Waals surface area contributed by atoms with Crippen LogP contribution in [0, 0.1) is 5.92 Å². The molecule has 14 heavy (non-hydrogen) atoms. The Morgan fingerprint density at radius 3 is 3.07 bits per heavy atom. The van der Waals surface area contributed by atoms with Gasteiger partial charge in [-0.2, -0.15) is 0 Å². The van der Waals surface area contributed by atoms with Crippen LogP contribution in [0.2, 0.25) is 0 Å². The van der Waals surface area contributed by atoms with Crippen molar-refractivity contribution in [3.05, 3.63) is 16.6 Å². The summed E-state index contributed by atoms with van der Waals surface area (Å²) in [5, 5.41) is 0. The number of hydrogen-bond donors (Lipinski definition) is 1. The highest BCUT2D eigenvalue weighted by Crippen LogP contribution is 2.44. The number of nitrogens with two attached hydrogens (primary N) is 1. The van der Waals surface area contributed by atoms with Gasteiger partial charge in [0.1, 0.15) is 10.4 Å². The zero-order valence-corrected chi connectivity index (χ0v) is 9.63. The van der Waals surface area contributed by atoms with Gasteiger partial charge in [0.2, 0.25) is 0 Å².